The fraction of sp³-hybridized carbons (Fsp3) is 0.375. The summed E-state index contributed by atoms with van der Waals surface area (Å²) in [5, 5.41) is 5.29. The summed E-state index contributed by atoms with van der Waals surface area (Å²) in [5.74, 6) is -12.1. The lowest BCUT2D eigenvalue weighted by atomic mass is 9.76. The number of hydrogen-bond donors (Lipinski definition) is 2. The standard InChI is InChI=1S/C24H22F5NO3.C24H27F2NO4/c1-22(2,19(31)11-12-23(25,26)24(27,28)29)20(32)13-17-15-8-4-3-7-14(15)16-9-5-6-10-18(16)30-21(17)33;1-15(27-22(29)12-16-10-18(25)13-19(26)11-16)21(28)14-20(17-8-6-5-7-9-17)23(30)31-24(2,3)4/h3-10,17H,11-13H2,1-2H3,(H,30,33);5-11,13,15,20H,12,14H2,1-4H3,(H,27,29)/t17-;15-,20-/m00/s1. The van der Waals surface area contributed by atoms with Gasteiger partial charge >= 0.3 is 18.1 Å². The van der Waals surface area contributed by atoms with Crippen LogP contribution in [0.4, 0.5) is 36.4 Å². The van der Waals surface area contributed by atoms with Gasteiger partial charge in [0.1, 0.15) is 28.8 Å². The molecule has 2 N–H and O–H groups in total. The predicted octanol–water partition coefficient (Wildman–Crippen LogP) is 10.0. The summed E-state index contributed by atoms with van der Waals surface area (Å²) in [7, 11) is 0. The number of carbonyl (C=O) groups is 6. The van der Waals surface area contributed by atoms with Crippen LogP contribution in [0.15, 0.2) is 97.1 Å². The number of anilines is 1. The molecule has 1 aliphatic heterocycles. The summed E-state index contributed by atoms with van der Waals surface area (Å²) >= 11 is 0. The first-order valence-electron chi connectivity index (χ1n) is 20.3. The van der Waals surface area contributed by atoms with E-state index in [2.05, 4.69) is 10.6 Å². The minimum Gasteiger partial charge on any atom is -0.459 e. The van der Waals surface area contributed by atoms with Gasteiger partial charge in [-0.15, -0.1) is 0 Å². The average Bonchev–Trinajstić information content (AvgIpc) is 3.31. The molecule has 0 radical (unpaired) electrons. The maximum Gasteiger partial charge on any atom is 0.453 e. The van der Waals surface area contributed by atoms with E-state index in [1.165, 1.54) is 20.8 Å². The van der Waals surface area contributed by atoms with Crippen LogP contribution < -0.4 is 10.6 Å². The molecule has 0 aliphatic carbocycles. The number of fused-ring (bicyclic) bond motifs is 3. The second-order valence-electron chi connectivity index (χ2n) is 17.0. The van der Waals surface area contributed by atoms with Crippen LogP contribution >= 0.6 is 0 Å². The molecule has 4 aromatic rings. The molecule has 3 atom stereocenters. The topological polar surface area (TPSA) is 136 Å². The van der Waals surface area contributed by atoms with Crippen molar-refractivity contribution in [2.75, 3.05) is 5.32 Å². The first kappa shape index (κ1) is 50.5. The van der Waals surface area contributed by atoms with Crippen molar-refractivity contribution in [3.8, 4) is 11.1 Å². The summed E-state index contributed by atoms with van der Waals surface area (Å²) in [6.45, 7) is 9.09. The van der Waals surface area contributed by atoms with Gasteiger partial charge in [0.25, 0.3) is 0 Å². The van der Waals surface area contributed by atoms with E-state index in [9.17, 15) is 59.5 Å². The number of ketones is 3. The molecule has 0 aromatic heterocycles. The Bertz CT molecular complexity index is 2340. The van der Waals surface area contributed by atoms with Gasteiger partial charge in [0, 0.05) is 43.0 Å². The van der Waals surface area contributed by atoms with Crippen LogP contribution in [0.5, 0.6) is 0 Å². The van der Waals surface area contributed by atoms with Gasteiger partial charge in [0.2, 0.25) is 11.8 Å². The van der Waals surface area contributed by atoms with E-state index in [1.807, 2.05) is 6.07 Å². The number of esters is 1. The number of Topliss-reactive ketones (excluding diaryl/α,β-unsaturated/α-hetero) is 3. The Morgan fingerprint density at radius 1 is 0.750 bits per heavy atom. The third kappa shape index (κ3) is 13.4. The zero-order valence-electron chi connectivity index (χ0n) is 36.0. The number of ether oxygens (including phenoxy) is 1. The number of alkyl halides is 5. The fourth-order valence-electron chi connectivity index (χ4n) is 6.80. The maximum absolute atomic E-state index is 13.3. The lowest BCUT2D eigenvalue weighted by molar-refractivity contribution is -0.284. The van der Waals surface area contributed by atoms with Crippen molar-refractivity contribution in [3.05, 3.63) is 125 Å². The molecule has 0 bridgehead atoms. The van der Waals surface area contributed by atoms with Crippen molar-refractivity contribution >= 4 is 40.8 Å². The molecule has 2 amide bonds. The molecule has 16 heteroatoms. The number of carbonyl (C=O) groups excluding carboxylic acids is 6. The molecule has 4 aromatic carbocycles. The normalized spacial score (nSPS) is 14.8. The molecule has 5 rings (SSSR count). The Hall–Kier alpha value is -6.19. The zero-order chi connectivity index (χ0) is 47.8. The van der Waals surface area contributed by atoms with Crippen LogP contribution in [0.25, 0.3) is 11.1 Å². The van der Waals surface area contributed by atoms with E-state index < -0.39 is 101 Å². The quantitative estimate of drug-likeness (QED) is 0.0689. The number of para-hydroxylation sites is 1. The predicted molar refractivity (Wildman–Crippen MR) is 224 cm³/mol. The Balaban J connectivity index is 0.000000281. The first-order chi connectivity index (χ1) is 29.7. The fourth-order valence-corrected chi connectivity index (χ4v) is 6.80. The number of benzene rings is 4. The highest BCUT2D eigenvalue weighted by atomic mass is 19.4. The van der Waals surface area contributed by atoms with Crippen molar-refractivity contribution < 1.29 is 64.2 Å². The minimum absolute atomic E-state index is 0.158. The smallest absolute Gasteiger partial charge is 0.453 e. The number of rotatable bonds is 15. The maximum atomic E-state index is 13.3. The summed E-state index contributed by atoms with van der Waals surface area (Å²) in [4.78, 5) is 76.2. The molecule has 0 saturated heterocycles. The van der Waals surface area contributed by atoms with E-state index in [4.69, 9.17) is 4.74 Å². The lowest BCUT2D eigenvalue weighted by Gasteiger charge is -2.26. The van der Waals surface area contributed by atoms with Crippen molar-refractivity contribution in [2.45, 2.75) is 109 Å². The molecule has 0 unspecified atom stereocenters. The van der Waals surface area contributed by atoms with Crippen LogP contribution in [0.2, 0.25) is 0 Å². The number of nitrogens with one attached hydrogen (secondary N) is 2. The highest BCUT2D eigenvalue weighted by Crippen LogP contribution is 2.42. The van der Waals surface area contributed by atoms with Crippen molar-refractivity contribution in [2.24, 2.45) is 5.41 Å². The van der Waals surface area contributed by atoms with Gasteiger partial charge < -0.3 is 15.4 Å². The number of hydrogen-bond acceptors (Lipinski definition) is 7. The molecule has 0 saturated carbocycles. The Morgan fingerprint density at radius 2 is 1.31 bits per heavy atom. The van der Waals surface area contributed by atoms with E-state index in [-0.39, 0.29) is 24.2 Å². The van der Waals surface area contributed by atoms with Crippen LogP contribution in [-0.4, -0.2) is 58.9 Å². The number of amides is 2. The molecule has 64 heavy (non-hydrogen) atoms. The molecule has 0 spiro atoms. The van der Waals surface area contributed by atoms with E-state index in [1.54, 1.807) is 93.6 Å². The Kier molecular flexibility index (Phi) is 16.2. The van der Waals surface area contributed by atoms with Gasteiger partial charge in [-0.25, -0.2) is 8.78 Å². The van der Waals surface area contributed by atoms with Gasteiger partial charge in [-0.3, -0.25) is 28.8 Å². The lowest BCUT2D eigenvalue weighted by Crippen LogP contribution is -2.40. The van der Waals surface area contributed by atoms with Gasteiger partial charge in [-0.2, -0.15) is 22.0 Å². The van der Waals surface area contributed by atoms with Gasteiger partial charge in [-0.05, 0) is 82.0 Å². The monoisotopic (exact) mass is 898 g/mol. The van der Waals surface area contributed by atoms with Crippen LogP contribution in [0, 0.1) is 17.0 Å². The summed E-state index contributed by atoms with van der Waals surface area (Å²) < 4.78 is 95.8. The van der Waals surface area contributed by atoms with Crippen molar-refractivity contribution in [1.29, 1.82) is 0 Å². The number of halogens is 7. The highest BCUT2D eigenvalue weighted by molar-refractivity contribution is 6.10. The Morgan fingerprint density at radius 3 is 1.91 bits per heavy atom. The zero-order valence-corrected chi connectivity index (χ0v) is 36.0. The third-order valence-electron chi connectivity index (χ3n) is 10.4. The van der Waals surface area contributed by atoms with E-state index >= 15 is 0 Å². The van der Waals surface area contributed by atoms with Crippen molar-refractivity contribution in [3.63, 3.8) is 0 Å². The van der Waals surface area contributed by atoms with Crippen LogP contribution in [-0.2, 0) is 39.9 Å². The molecular formula is C48H49F7N2O7. The van der Waals surface area contributed by atoms with Gasteiger partial charge in [0.15, 0.2) is 5.78 Å². The SMILES string of the molecule is CC(C)(C(=O)CCC(F)(F)C(F)(F)F)C(=O)C[C@@H]1C(=O)Nc2ccccc2-c2ccccc21.C[C@H](NC(=O)Cc1cc(F)cc(F)c1)C(=O)C[C@H](C(=O)OC(C)(C)C)c1ccccc1. The van der Waals surface area contributed by atoms with Crippen LogP contribution in [0.1, 0.15) is 95.8 Å². The van der Waals surface area contributed by atoms with Crippen molar-refractivity contribution in [1.82, 2.24) is 5.32 Å². The average molecular weight is 899 g/mol. The third-order valence-corrected chi connectivity index (χ3v) is 10.4. The molecule has 342 valence electrons. The Labute approximate surface area is 366 Å². The summed E-state index contributed by atoms with van der Waals surface area (Å²) in [6, 6.07) is 24.8. The van der Waals surface area contributed by atoms with E-state index in [0.717, 1.165) is 23.3 Å². The highest BCUT2D eigenvalue weighted by Gasteiger charge is 2.57. The summed E-state index contributed by atoms with van der Waals surface area (Å²) in [6.07, 6.45) is -9.49. The second kappa shape index (κ2) is 20.5. The first-order valence-corrected chi connectivity index (χ1v) is 20.3. The molecular weight excluding hydrogens is 850 g/mol. The molecule has 1 heterocycles. The van der Waals surface area contributed by atoms with Gasteiger partial charge in [0.05, 0.1) is 29.7 Å². The second-order valence-corrected chi connectivity index (χ2v) is 17.0. The van der Waals surface area contributed by atoms with Crippen LogP contribution in [0.3, 0.4) is 0 Å². The van der Waals surface area contributed by atoms with Gasteiger partial charge in [-0.1, -0.05) is 72.8 Å². The minimum atomic E-state index is -5.78. The molecule has 1 aliphatic rings. The summed E-state index contributed by atoms with van der Waals surface area (Å²) in [5.41, 5.74) is 0.821. The molecule has 0 fully saturated rings. The van der Waals surface area contributed by atoms with E-state index in [0.29, 0.717) is 22.9 Å². The largest absolute Gasteiger partial charge is 0.459 e. The molecule has 9 nitrogen and oxygen atoms in total.